The number of nitrogens with zero attached hydrogens (tertiary/aromatic N) is 1. The molecule has 0 bridgehead atoms. The smallest absolute Gasteiger partial charge is 0.266 e. The zero-order valence-corrected chi connectivity index (χ0v) is 18.3. The van der Waals surface area contributed by atoms with E-state index in [9.17, 15) is 9.59 Å². The molecule has 1 atom stereocenters. The number of carbonyl (C=O) groups is 2. The molecule has 0 aliphatic carbocycles. The first-order valence-electron chi connectivity index (χ1n) is 8.93. The second-order valence-electron chi connectivity index (χ2n) is 6.35. The van der Waals surface area contributed by atoms with E-state index in [0.29, 0.717) is 17.4 Å². The highest BCUT2D eigenvalue weighted by Gasteiger charge is 2.16. The van der Waals surface area contributed by atoms with E-state index in [1.807, 2.05) is 41.8 Å². The van der Waals surface area contributed by atoms with Crippen molar-refractivity contribution in [1.82, 2.24) is 10.3 Å². The SMILES string of the molecule is CC(=O)NCc1ccc(-c2csc(NC(=O)C(C)Oc3ccc(Br)cc3)n2)cc1. The summed E-state index contributed by atoms with van der Waals surface area (Å²) in [5.41, 5.74) is 2.72. The lowest BCUT2D eigenvalue weighted by atomic mass is 10.1. The van der Waals surface area contributed by atoms with Gasteiger partial charge in [-0.2, -0.15) is 0 Å². The highest BCUT2D eigenvalue weighted by molar-refractivity contribution is 9.10. The molecular weight excluding hydrogens is 454 g/mol. The van der Waals surface area contributed by atoms with E-state index in [1.54, 1.807) is 19.1 Å². The number of thiazole rings is 1. The molecule has 150 valence electrons. The third-order valence-corrected chi connectivity index (χ3v) is 5.31. The van der Waals surface area contributed by atoms with E-state index in [1.165, 1.54) is 18.3 Å². The maximum absolute atomic E-state index is 12.4. The number of benzene rings is 2. The summed E-state index contributed by atoms with van der Waals surface area (Å²) in [6, 6.07) is 15.1. The zero-order chi connectivity index (χ0) is 20.8. The normalized spacial score (nSPS) is 11.6. The second-order valence-corrected chi connectivity index (χ2v) is 8.12. The highest BCUT2D eigenvalue weighted by atomic mass is 79.9. The molecule has 2 amide bonds. The van der Waals surface area contributed by atoms with Crippen LogP contribution in [-0.2, 0) is 16.1 Å². The largest absolute Gasteiger partial charge is 0.481 e. The summed E-state index contributed by atoms with van der Waals surface area (Å²) < 4.78 is 6.61. The maximum atomic E-state index is 12.4. The molecule has 1 unspecified atom stereocenters. The van der Waals surface area contributed by atoms with Gasteiger partial charge >= 0.3 is 0 Å². The van der Waals surface area contributed by atoms with E-state index < -0.39 is 6.10 Å². The van der Waals surface area contributed by atoms with Gasteiger partial charge in [0.05, 0.1) is 5.69 Å². The molecule has 0 radical (unpaired) electrons. The van der Waals surface area contributed by atoms with Crippen LogP contribution in [0.5, 0.6) is 5.75 Å². The van der Waals surface area contributed by atoms with Gasteiger partial charge in [-0.1, -0.05) is 40.2 Å². The Morgan fingerprint density at radius 1 is 1.14 bits per heavy atom. The maximum Gasteiger partial charge on any atom is 0.266 e. The molecule has 0 saturated carbocycles. The minimum Gasteiger partial charge on any atom is -0.481 e. The van der Waals surface area contributed by atoms with Crippen molar-refractivity contribution >= 4 is 44.2 Å². The van der Waals surface area contributed by atoms with Gasteiger partial charge in [0, 0.05) is 28.9 Å². The van der Waals surface area contributed by atoms with E-state index in [0.717, 1.165) is 21.3 Å². The van der Waals surface area contributed by atoms with Crippen molar-refractivity contribution in [1.29, 1.82) is 0 Å². The fourth-order valence-corrected chi connectivity index (χ4v) is 3.45. The fraction of sp³-hybridized carbons (Fsp3) is 0.190. The van der Waals surface area contributed by atoms with Crippen molar-refractivity contribution < 1.29 is 14.3 Å². The average Bonchev–Trinajstić information content (AvgIpc) is 3.17. The summed E-state index contributed by atoms with van der Waals surface area (Å²) in [7, 11) is 0. The lowest BCUT2D eigenvalue weighted by Crippen LogP contribution is -2.30. The first-order valence-corrected chi connectivity index (χ1v) is 10.6. The first-order chi connectivity index (χ1) is 13.9. The van der Waals surface area contributed by atoms with Crippen LogP contribution in [-0.4, -0.2) is 22.9 Å². The van der Waals surface area contributed by atoms with Crippen molar-refractivity contribution in [3.8, 4) is 17.0 Å². The van der Waals surface area contributed by atoms with Crippen LogP contribution in [0.25, 0.3) is 11.3 Å². The molecule has 1 aromatic heterocycles. The molecule has 8 heteroatoms. The van der Waals surface area contributed by atoms with Gasteiger partial charge in [0.15, 0.2) is 11.2 Å². The van der Waals surface area contributed by atoms with Gasteiger partial charge in [-0.3, -0.25) is 14.9 Å². The number of aromatic nitrogens is 1. The predicted octanol–water partition coefficient (Wildman–Crippen LogP) is 4.61. The lowest BCUT2D eigenvalue weighted by Gasteiger charge is -2.13. The van der Waals surface area contributed by atoms with Crippen molar-refractivity contribution in [2.24, 2.45) is 0 Å². The molecule has 0 saturated heterocycles. The number of ether oxygens (including phenoxy) is 1. The Balaban J connectivity index is 1.58. The molecule has 2 N–H and O–H groups in total. The van der Waals surface area contributed by atoms with Crippen molar-refractivity contribution in [2.45, 2.75) is 26.5 Å². The van der Waals surface area contributed by atoms with E-state index in [-0.39, 0.29) is 11.8 Å². The monoisotopic (exact) mass is 473 g/mol. The molecule has 3 aromatic rings. The number of hydrogen-bond donors (Lipinski definition) is 2. The number of halogens is 1. The Labute approximate surface area is 181 Å². The van der Waals surface area contributed by atoms with Crippen molar-refractivity contribution in [3.63, 3.8) is 0 Å². The van der Waals surface area contributed by atoms with Gasteiger partial charge in [0.2, 0.25) is 5.91 Å². The first kappa shape index (κ1) is 21.0. The molecule has 1 heterocycles. The molecule has 0 spiro atoms. The fourth-order valence-electron chi connectivity index (χ4n) is 2.46. The van der Waals surface area contributed by atoms with Crippen LogP contribution in [0.1, 0.15) is 19.4 Å². The minimum atomic E-state index is -0.656. The second kappa shape index (κ2) is 9.67. The van der Waals surface area contributed by atoms with Crippen LogP contribution in [0.3, 0.4) is 0 Å². The molecule has 0 fully saturated rings. The number of hydrogen-bond acceptors (Lipinski definition) is 5. The lowest BCUT2D eigenvalue weighted by molar-refractivity contribution is -0.122. The molecule has 29 heavy (non-hydrogen) atoms. The zero-order valence-electron chi connectivity index (χ0n) is 15.9. The Bertz CT molecular complexity index is 987. The third kappa shape index (κ3) is 6.13. The number of carbonyl (C=O) groups excluding carboxylic acids is 2. The summed E-state index contributed by atoms with van der Waals surface area (Å²) in [5, 5.41) is 7.96. The Hall–Kier alpha value is -2.71. The topological polar surface area (TPSA) is 80.3 Å². The number of anilines is 1. The van der Waals surface area contributed by atoms with Crippen molar-refractivity contribution in [3.05, 3.63) is 63.9 Å². The van der Waals surface area contributed by atoms with Crippen LogP contribution in [0.2, 0.25) is 0 Å². The van der Waals surface area contributed by atoms with Crippen LogP contribution in [0.4, 0.5) is 5.13 Å². The number of rotatable bonds is 7. The van der Waals surface area contributed by atoms with Crippen LogP contribution in [0.15, 0.2) is 58.4 Å². The van der Waals surface area contributed by atoms with Gasteiger partial charge in [-0.25, -0.2) is 4.98 Å². The van der Waals surface area contributed by atoms with Crippen LogP contribution < -0.4 is 15.4 Å². The van der Waals surface area contributed by atoms with Gasteiger partial charge < -0.3 is 10.1 Å². The molecular formula is C21H20BrN3O3S. The molecule has 2 aromatic carbocycles. The van der Waals surface area contributed by atoms with Crippen LogP contribution >= 0.6 is 27.3 Å². The summed E-state index contributed by atoms with van der Waals surface area (Å²) in [4.78, 5) is 27.9. The Morgan fingerprint density at radius 2 is 1.83 bits per heavy atom. The number of amides is 2. The third-order valence-electron chi connectivity index (χ3n) is 4.02. The van der Waals surface area contributed by atoms with Gasteiger partial charge in [0.1, 0.15) is 5.75 Å². The summed E-state index contributed by atoms with van der Waals surface area (Å²) >= 11 is 4.72. The molecule has 3 rings (SSSR count). The minimum absolute atomic E-state index is 0.0627. The Kier molecular flexibility index (Phi) is 7.00. The van der Waals surface area contributed by atoms with E-state index in [2.05, 4.69) is 31.5 Å². The summed E-state index contributed by atoms with van der Waals surface area (Å²) in [6.45, 7) is 3.67. The standard InChI is InChI=1S/C21H20BrN3O3S/c1-13(28-18-9-7-17(22)8-10-18)20(27)25-21-24-19(12-29-21)16-5-3-15(4-6-16)11-23-14(2)26/h3-10,12-13H,11H2,1-2H3,(H,23,26)(H,24,25,27). The van der Waals surface area contributed by atoms with Crippen molar-refractivity contribution in [2.75, 3.05) is 5.32 Å². The van der Waals surface area contributed by atoms with Crippen LogP contribution in [0, 0.1) is 0 Å². The van der Waals surface area contributed by atoms with Gasteiger partial charge in [-0.15, -0.1) is 11.3 Å². The van der Waals surface area contributed by atoms with Gasteiger partial charge in [0.25, 0.3) is 5.91 Å². The summed E-state index contributed by atoms with van der Waals surface area (Å²) in [6.07, 6.45) is -0.656. The highest BCUT2D eigenvalue weighted by Crippen LogP contribution is 2.25. The quantitative estimate of drug-likeness (QED) is 0.524. The number of nitrogens with one attached hydrogen (secondary N) is 2. The summed E-state index contributed by atoms with van der Waals surface area (Å²) in [5.74, 6) is 0.293. The Morgan fingerprint density at radius 3 is 2.48 bits per heavy atom. The van der Waals surface area contributed by atoms with E-state index in [4.69, 9.17) is 4.74 Å². The average molecular weight is 474 g/mol. The van der Waals surface area contributed by atoms with E-state index >= 15 is 0 Å². The predicted molar refractivity (Wildman–Crippen MR) is 118 cm³/mol. The molecule has 0 aliphatic heterocycles. The molecule has 6 nitrogen and oxygen atoms in total. The van der Waals surface area contributed by atoms with Gasteiger partial charge in [-0.05, 0) is 36.8 Å². The molecule has 0 aliphatic rings.